The molecule has 1 nitrogen and oxygen atoms in total. The van der Waals surface area contributed by atoms with Crippen LogP contribution in [0.5, 0.6) is 0 Å². The lowest BCUT2D eigenvalue weighted by Crippen LogP contribution is -2.14. The number of benzene rings is 7. The average molecular weight is 618 g/mol. The topological polar surface area (TPSA) is 4.93 Å². The zero-order valence-corrected chi connectivity index (χ0v) is 27.1. The van der Waals surface area contributed by atoms with E-state index in [0.29, 0.717) is 0 Å². The third kappa shape index (κ3) is 3.83. The number of rotatable bonds is 3. The summed E-state index contributed by atoms with van der Waals surface area (Å²) in [6.45, 7) is 4.73. The summed E-state index contributed by atoms with van der Waals surface area (Å²) in [5, 5.41) is 5.26. The standard InChI is InChI=1S/C45H31NS/c1-45(2)39-21-6-3-16-33(39)37-26-38-34-17-4-7-22-41(34)46(42(38)27-40(37)45)31-15-10-13-29(25-31)28-12-9-14-30(24-28)32-19-11-20-36-35-18-5-8-23-43(35)47-44(32)36/h3-27H,1-2H3. The molecule has 0 fully saturated rings. The molecule has 9 aromatic rings. The molecule has 47 heavy (non-hydrogen) atoms. The van der Waals surface area contributed by atoms with Gasteiger partial charge in [0.15, 0.2) is 0 Å². The third-order valence-electron chi connectivity index (χ3n) is 10.4. The van der Waals surface area contributed by atoms with E-state index in [2.05, 4.69) is 170 Å². The van der Waals surface area contributed by atoms with E-state index in [4.69, 9.17) is 0 Å². The molecule has 0 N–H and O–H groups in total. The molecular weight excluding hydrogens is 587 g/mol. The lowest BCUT2D eigenvalue weighted by molar-refractivity contribution is 0.661. The van der Waals surface area contributed by atoms with Crippen LogP contribution in [0.3, 0.4) is 0 Å². The molecule has 0 bridgehead atoms. The van der Waals surface area contributed by atoms with Crippen LogP contribution in [0.1, 0.15) is 25.0 Å². The number of aromatic nitrogens is 1. The molecule has 0 unspecified atom stereocenters. The minimum absolute atomic E-state index is 0.0546. The molecule has 222 valence electrons. The van der Waals surface area contributed by atoms with E-state index in [1.807, 2.05) is 11.3 Å². The Balaban J connectivity index is 1.14. The van der Waals surface area contributed by atoms with Gasteiger partial charge in [0.2, 0.25) is 0 Å². The van der Waals surface area contributed by atoms with Gasteiger partial charge in [-0.2, -0.15) is 0 Å². The molecule has 0 amide bonds. The second kappa shape index (κ2) is 9.78. The van der Waals surface area contributed by atoms with E-state index in [1.54, 1.807) is 0 Å². The first-order chi connectivity index (χ1) is 23.1. The molecule has 2 heteroatoms. The summed E-state index contributed by atoms with van der Waals surface area (Å²) in [6.07, 6.45) is 0. The van der Waals surface area contributed by atoms with Crippen LogP contribution in [0.15, 0.2) is 152 Å². The van der Waals surface area contributed by atoms with Crippen molar-refractivity contribution in [2.45, 2.75) is 19.3 Å². The van der Waals surface area contributed by atoms with Crippen LogP contribution in [-0.2, 0) is 5.41 Å². The predicted molar refractivity (Wildman–Crippen MR) is 202 cm³/mol. The number of hydrogen-bond donors (Lipinski definition) is 0. The summed E-state index contributed by atoms with van der Waals surface area (Å²) in [5.74, 6) is 0. The van der Waals surface area contributed by atoms with E-state index < -0.39 is 0 Å². The number of thiophene rings is 1. The van der Waals surface area contributed by atoms with Gasteiger partial charge in [0.1, 0.15) is 0 Å². The average Bonchev–Trinajstić information content (AvgIpc) is 3.73. The van der Waals surface area contributed by atoms with Gasteiger partial charge >= 0.3 is 0 Å². The summed E-state index contributed by atoms with van der Waals surface area (Å²) in [5.41, 5.74) is 14.1. The Morgan fingerprint density at radius 2 is 1.13 bits per heavy atom. The normalized spacial score (nSPS) is 13.5. The molecule has 1 aliphatic carbocycles. The summed E-state index contributed by atoms with van der Waals surface area (Å²) in [7, 11) is 0. The van der Waals surface area contributed by atoms with Crippen LogP contribution >= 0.6 is 11.3 Å². The maximum absolute atomic E-state index is 2.47. The summed E-state index contributed by atoms with van der Waals surface area (Å²) < 4.78 is 5.15. The molecule has 0 spiro atoms. The molecule has 2 aromatic heterocycles. The van der Waals surface area contributed by atoms with Gasteiger partial charge in [0.05, 0.1) is 11.0 Å². The Kier molecular flexibility index (Phi) is 5.57. The molecule has 0 radical (unpaired) electrons. The second-order valence-corrected chi connectivity index (χ2v) is 14.4. The van der Waals surface area contributed by atoms with Crippen molar-refractivity contribution < 1.29 is 0 Å². The van der Waals surface area contributed by atoms with Gasteiger partial charge in [-0.05, 0) is 87.0 Å². The van der Waals surface area contributed by atoms with Crippen LogP contribution in [0.4, 0.5) is 0 Å². The van der Waals surface area contributed by atoms with Crippen molar-refractivity contribution in [3.63, 3.8) is 0 Å². The minimum atomic E-state index is -0.0546. The second-order valence-electron chi connectivity index (χ2n) is 13.3. The zero-order chi connectivity index (χ0) is 31.3. The molecular formula is C45H31NS. The quantitative estimate of drug-likeness (QED) is 0.186. The van der Waals surface area contributed by atoms with Crippen molar-refractivity contribution >= 4 is 53.3 Å². The monoisotopic (exact) mass is 617 g/mol. The fourth-order valence-electron chi connectivity index (χ4n) is 8.11. The van der Waals surface area contributed by atoms with E-state index in [0.717, 1.165) is 0 Å². The first kappa shape index (κ1) is 26.7. The summed E-state index contributed by atoms with van der Waals surface area (Å²) in [6, 6.07) is 56.3. The Morgan fingerprint density at radius 1 is 0.447 bits per heavy atom. The van der Waals surface area contributed by atoms with Crippen LogP contribution in [-0.4, -0.2) is 4.57 Å². The van der Waals surface area contributed by atoms with Gasteiger partial charge < -0.3 is 4.57 Å². The lowest BCUT2D eigenvalue weighted by atomic mass is 9.82. The van der Waals surface area contributed by atoms with Crippen molar-refractivity contribution in [2.24, 2.45) is 0 Å². The molecule has 10 rings (SSSR count). The summed E-state index contributed by atoms with van der Waals surface area (Å²) >= 11 is 1.89. The Labute approximate surface area is 278 Å². The lowest BCUT2D eigenvalue weighted by Gasteiger charge is -2.21. The van der Waals surface area contributed by atoms with E-state index in [-0.39, 0.29) is 5.41 Å². The SMILES string of the molecule is CC1(C)c2ccccc2-c2cc3c4ccccc4n(-c4cccc(-c5cccc(-c6cccc7c6sc6ccccc67)c5)c4)c3cc21. The molecule has 7 aromatic carbocycles. The smallest absolute Gasteiger partial charge is 0.0544 e. The highest BCUT2D eigenvalue weighted by Gasteiger charge is 2.36. The maximum Gasteiger partial charge on any atom is 0.0544 e. The highest BCUT2D eigenvalue weighted by Crippen LogP contribution is 2.51. The fourth-order valence-corrected chi connectivity index (χ4v) is 9.34. The third-order valence-corrected chi connectivity index (χ3v) is 11.6. The van der Waals surface area contributed by atoms with Crippen molar-refractivity contribution in [3.8, 4) is 39.1 Å². The van der Waals surface area contributed by atoms with Gasteiger partial charge in [-0.15, -0.1) is 11.3 Å². The van der Waals surface area contributed by atoms with Crippen molar-refractivity contribution in [1.29, 1.82) is 0 Å². The molecule has 2 heterocycles. The van der Waals surface area contributed by atoms with Crippen LogP contribution in [0.2, 0.25) is 0 Å². The molecule has 0 atom stereocenters. The predicted octanol–water partition coefficient (Wildman–Crippen LogP) is 12.8. The molecule has 0 saturated heterocycles. The highest BCUT2D eigenvalue weighted by molar-refractivity contribution is 7.26. The van der Waals surface area contributed by atoms with Crippen LogP contribution < -0.4 is 0 Å². The summed E-state index contributed by atoms with van der Waals surface area (Å²) in [4.78, 5) is 0. The molecule has 0 aliphatic heterocycles. The highest BCUT2D eigenvalue weighted by atomic mass is 32.1. The zero-order valence-electron chi connectivity index (χ0n) is 26.3. The number of hydrogen-bond acceptors (Lipinski definition) is 1. The van der Waals surface area contributed by atoms with Crippen LogP contribution in [0, 0.1) is 0 Å². The van der Waals surface area contributed by atoms with Crippen molar-refractivity contribution in [1.82, 2.24) is 4.57 Å². The Morgan fingerprint density at radius 3 is 2.04 bits per heavy atom. The van der Waals surface area contributed by atoms with E-state index >= 15 is 0 Å². The molecule has 0 saturated carbocycles. The number of para-hydroxylation sites is 1. The van der Waals surface area contributed by atoms with Gasteiger partial charge in [-0.1, -0.05) is 123 Å². The van der Waals surface area contributed by atoms with E-state index in [1.165, 1.54) is 92.2 Å². The number of fused-ring (bicyclic) bond motifs is 9. The van der Waals surface area contributed by atoms with Gasteiger partial charge in [0, 0.05) is 42.0 Å². The van der Waals surface area contributed by atoms with Gasteiger partial charge in [-0.25, -0.2) is 0 Å². The fraction of sp³-hybridized carbons (Fsp3) is 0.0667. The minimum Gasteiger partial charge on any atom is -0.309 e. The number of nitrogens with zero attached hydrogens (tertiary/aromatic N) is 1. The van der Waals surface area contributed by atoms with Crippen LogP contribution in [0.25, 0.3) is 81.0 Å². The van der Waals surface area contributed by atoms with E-state index in [9.17, 15) is 0 Å². The first-order valence-corrected chi connectivity index (χ1v) is 17.2. The Hall–Kier alpha value is -5.44. The van der Waals surface area contributed by atoms with Gasteiger partial charge in [-0.3, -0.25) is 0 Å². The van der Waals surface area contributed by atoms with Gasteiger partial charge in [0.25, 0.3) is 0 Å². The Bertz CT molecular complexity index is 2720. The van der Waals surface area contributed by atoms with Crippen molar-refractivity contribution in [3.05, 3.63) is 163 Å². The molecule has 1 aliphatic rings. The van der Waals surface area contributed by atoms with Crippen molar-refractivity contribution in [2.75, 3.05) is 0 Å². The largest absolute Gasteiger partial charge is 0.309 e. The maximum atomic E-state index is 2.47. The first-order valence-electron chi connectivity index (χ1n) is 16.4.